The third-order valence-electron chi connectivity index (χ3n) is 6.62. The first-order chi connectivity index (χ1) is 17.1. The first kappa shape index (κ1) is 23.3. The van der Waals surface area contributed by atoms with Crippen molar-refractivity contribution in [2.75, 3.05) is 37.7 Å². The van der Waals surface area contributed by atoms with Crippen molar-refractivity contribution < 1.29 is 18.3 Å². The number of urea groups is 1. The van der Waals surface area contributed by atoms with Crippen molar-refractivity contribution in [3.8, 4) is 11.1 Å². The third-order valence-corrected chi connectivity index (χ3v) is 6.62. The summed E-state index contributed by atoms with van der Waals surface area (Å²) in [5.74, 6) is -1.78. The van der Waals surface area contributed by atoms with E-state index in [-0.39, 0.29) is 23.5 Å². The molecule has 1 aromatic heterocycles. The highest BCUT2D eigenvalue weighted by Crippen LogP contribution is 2.32. The second-order valence-corrected chi connectivity index (χ2v) is 8.91. The predicted molar refractivity (Wildman–Crippen MR) is 129 cm³/mol. The zero-order chi connectivity index (χ0) is 24.2. The van der Waals surface area contributed by atoms with Gasteiger partial charge in [0.05, 0.1) is 11.9 Å². The Bertz CT molecular complexity index is 1160. The minimum atomic E-state index is -0.894. The Labute approximate surface area is 203 Å². The number of carbonyl (C=O) groups excluding carboxylic acids is 1. The topological polar surface area (TPSA) is 62.6 Å². The van der Waals surface area contributed by atoms with Crippen LogP contribution in [0.5, 0.6) is 0 Å². The fourth-order valence-corrected chi connectivity index (χ4v) is 4.61. The van der Waals surface area contributed by atoms with Crippen LogP contribution in [0, 0.1) is 11.6 Å². The van der Waals surface area contributed by atoms with Crippen LogP contribution in [-0.4, -0.2) is 53.5 Å². The van der Waals surface area contributed by atoms with E-state index in [9.17, 15) is 4.79 Å². The number of amides is 2. The molecule has 5 rings (SSSR count). The quantitative estimate of drug-likeness (QED) is 0.581. The van der Waals surface area contributed by atoms with Gasteiger partial charge in [-0.2, -0.15) is 5.10 Å². The lowest BCUT2D eigenvalue weighted by atomic mass is 10.1. The van der Waals surface area contributed by atoms with Crippen LogP contribution < -0.4 is 10.2 Å². The molecule has 0 aliphatic carbocycles. The molecule has 0 bridgehead atoms. The molecule has 0 saturated carbocycles. The van der Waals surface area contributed by atoms with E-state index >= 15 is 8.78 Å². The number of hydrogen-bond donors (Lipinski definition) is 1. The average molecular weight is 482 g/mol. The van der Waals surface area contributed by atoms with E-state index in [1.54, 1.807) is 39.0 Å². The van der Waals surface area contributed by atoms with E-state index in [2.05, 4.69) is 10.4 Å². The summed E-state index contributed by atoms with van der Waals surface area (Å²) in [7, 11) is 0. The minimum absolute atomic E-state index is 0.158. The molecule has 1 atom stereocenters. The van der Waals surface area contributed by atoms with Crippen LogP contribution in [0.3, 0.4) is 0 Å². The summed E-state index contributed by atoms with van der Waals surface area (Å²) in [5.41, 5.74) is 1.92. The third kappa shape index (κ3) is 5.14. The van der Waals surface area contributed by atoms with Crippen LogP contribution in [0.1, 0.15) is 31.1 Å². The molecule has 1 N–H and O–H groups in total. The summed E-state index contributed by atoms with van der Waals surface area (Å²) >= 11 is 0. The number of aromatic nitrogens is 2. The number of halogens is 2. The van der Waals surface area contributed by atoms with Crippen LogP contribution in [0.25, 0.3) is 11.1 Å². The zero-order valence-corrected chi connectivity index (χ0v) is 19.5. The largest absolute Gasteiger partial charge is 0.366 e. The maximum Gasteiger partial charge on any atom is 0.317 e. The van der Waals surface area contributed by atoms with Crippen molar-refractivity contribution in [3.63, 3.8) is 0 Å². The number of hydrogen-bond acceptors (Lipinski definition) is 4. The summed E-state index contributed by atoms with van der Waals surface area (Å²) in [6.07, 6.45) is 6.03. The Morgan fingerprint density at radius 2 is 1.83 bits per heavy atom. The van der Waals surface area contributed by atoms with E-state index in [0.29, 0.717) is 44.9 Å². The van der Waals surface area contributed by atoms with E-state index < -0.39 is 11.6 Å². The van der Waals surface area contributed by atoms with E-state index in [1.807, 2.05) is 30.3 Å². The summed E-state index contributed by atoms with van der Waals surface area (Å²) < 4.78 is 37.6. The van der Waals surface area contributed by atoms with Crippen molar-refractivity contribution in [2.45, 2.75) is 32.0 Å². The number of rotatable bonds is 5. The van der Waals surface area contributed by atoms with Crippen LogP contribution in [-0.2, 0) is 11.3 Å². The van der Waals surface area contributed by atoms with Crippen molar-refractivity contribution in [1.29, 1.82) is 0 Å². The Kier molecular flexibility index (Phi) is 6.94. The molecule has 2 aromatic carbocycles. The first-order valence-electron chi connectivity index (χ1n) is 12.1. The van der Waals surface area contributed by atoms with Crippen LogP contribution in [0.15, 0.2) is 54.9 Å². The SMILES string of the molecule is O=C(NCc1ccccc1)N1CCN(c2ccc(-c3cnn(C4CCCCO4)c3)c(F)c2F)CC1. The molecule has 1 unspecified atom stereocenters. The van der Waals surface area contributed by atoms with Crippen LogP contribution in [0.4, 0.5) is 19.3 Å². The first-order valence-corrected chi connectivity index (χ1v) is 12.1. The average Bonchev–Trinajstić information content (AvgIpc) is 3.40. The van der Waals surface area contributed by atoms with E-state index in [0.717, 1.165) is 24.8 Å². The van der Waals surface area contributed by atoms with Gasteiger partial charge in [0.25, 0.3) is 0 Å². The van der Waals surface area contributed by atoms with Gasteiger partial charge in [-0.3, -0.25) is 0 Å². The summed E-state index contributed by atoms with van der Waals surface area (Å²) in [6, 6.07) is 12.7. The van der Waals surface area contributed by atoms with Gasteiger partial charge in [-0.15, -0.1) is 0 Å². The van der Waals surface area contributed by atoms with Gasteiger partial charge in [-0.1, -0.05) is 30.3 Å². The van der Waals surface area contributed by atoms with Gasteiger partial charge < -0.3 is 19.9 Å². The highest BCUT2D eigenvalue weighted by molar-refractivity contribution is 5.74. The number of nitrogens with zero attached hydrogens (tertiary/aromatic N) is 4. The number of anilines is 1. The molecule has 3 heterocycles. The Morgan fingerprint density at radius 1 is 1.03 bits per heavy atom. The maximum absolute atomic E-state index is 15.1. The molecular weight excluding hydrogens is 452 g/mol. The second-order valence-electron chi connectivity index (χ2n) is 8.91. The Hall–Kier alpha value is -3.46. The lowest BCUT2D eigenvalue weighted by Gasteiger charge is -2.36. The molecule has 0 radical (unpaired) electrons. The minimum Gasteiger partial charge on any atom is -0.366 e. The maximum atomic E-state index is 15.1. The standard InChI is InChI=1S/C26H29F2N5O2/c27-24-21(20-17-30-33(18-20)23-8-4-5-15-35-23)9-10-22(25(24)28)31-11-13-32(14-12-31)26(34)29-16-19-6-2-1-3-7-19/h1-3,6-7,9-10,17-18,23H,4-5,8,11-16H2,(H,29,34). The number of carbonyl (C=O) groups is 1. The monoisotopic (exact) mass is 481 g/mol. The van der Waals surface area contributed by atoms with Gasteiger partial charge in [-0.25, -0.2) is 18.3 Å². The van der Waals surface area contributed by atoms with Gasteiger partial charge in [-0.05, 0) is 37.0 Å². The molecule has 2 amide bonds. The second kappa shape index (κ2) is 10.4. The van der Waals surface area contributed by atoms with Gasteiger partial charge in [0.15, 0.2) is 11.6 Å². The number of piperazine rings is 1. The van der Waals surface area contributed by atoms with Crippen molar-refractivity contribution in [2.24, 2.45) is 0 Å². The molecule has 7 nitrogen and oxygen atoms in total. The molecule has 2 fully saturated rings. The smallest absolute Gasteiger partial charge is 0.317 e. The molecule has 2 aliphatic rings. The van der Waals surface area contributed by atoms with Crippen molar-refractivity contribution >= 4 is 11.7 Å². The van der Waals surface area contributed by atoms with Crippen molar-refractivity contribution in [1.82, 2.24) is 20.0 Å². The summed E-state index contributed by atoms with van der Waals surface area (Å²) in [5, 5.41) is 7.22. The highest BCUT2D eigenvalue weighted by atomic mass is 19.2. The Morgan fingerprint density at radius 3 is 2.57 bits per heavy atom. The summed E-state index contributed by atoms with van der Waals surface area (Å²) in [4.78, 5) is 16.0. The van der Waals surface area contributed by atoms with Crippen molar-refractivity contribution in [3.05, 3.63) is 72.1 Å². The molecule has 2 aliphatic heterocycles. The van der Waals surface area contributed by atoms with Gasteiger partial charge in [0.2, 0.25) is 0 Å². The predicted octanol–water partition coefficient (Wildman–Crippen LogP) is 4.56. The lowest BCUT2D eigenvalue weighted by Crippen LogP contribution is -2.52. The van der Waals surface area contributed by atoms with Gasteiger partial charge in [0, 0.05) is 56.7 Å². The lowest BCUT2D eigenvalue weighted by molar-refractivity contribution is -0.0394. The van der Waals surface area contributed by atoms with Gasteiger partial charge in [0.1, 0.15) is 6.23 Å². The molecule has 35 heavy (non-hydrogen) atoms. The van der Waals surface area contributed by atoms with E-state index in [1.165, 1.54) is 0 Å². The number of benzene rings is 2. The summed E-state index contributed by atoms with van der Waals surface area (Å²) in [6.45, 7) is 2.83. The van der Waals surface area contributed by atoms with Gasteiger partial charge >= 0.3 is 6.03 Å². The van der Waals surface area contributed by atoms with E-state index in [4.69, 9.17) is 4.74 Å². The molecule has 9 heteroatoms. The normalized spacial score (nSPS) is 18.5. The molecule has 0 spiro atoms. The molecule has 3 aromatic rings. The zero-order valence-electron chi connectivity index (χ0n) is 19.5. The van der Waals surface area contributed by atoms with Crippen LogP contribution in [0.2, 0.25) is 0 Å². The number of ether oxygens (including phenoxy) is 1. The molecule has 2 saturated heterocycles. The highest BCUT2D eigenvalue weighted by Gasteiger charge is 2.26. The number of nitrogens with one attached hydrogen (secondary N) is 1. The fraction of sp³-hybridized carbons (Fsp3) is 0.385. The van der Waals surface area contributed by atoms with Crippen LogP contribution >= 0.6 is 0 Å². The molecule has 184 valence electrons. The Balaban J connectivity index is 1.21. The molecular formula is C26H29F2N5O2. The fourth-order valence-electron chi connectivity index (χ4n) is 4.61.